The number of fused-ring (bicyclic) bond motifs is 1. The number of primary amides is 1. The zero-order valence-corrected chi connectivity index (χ0v) is 7.60. The third kappa shape index (κ3) is 1.53. The molecule has 1 amide bonds. The lowest BCUT2D eigenvalue weighted by Gasteiger charge is -2.12. The van der Waals surface area contributed by atoms with Crippen LogP contribution in [0.4, 0.5) is 5.69 Å². The summed E-state index contributed by atoms with van der Waals surface area (Å²) in [6.45, 7) is 0. The Bertz CT molecular complexity index is 387. The van der Waals surface area contributed by atoms with Gasteiger partial charge in [-0.3, -0.25) is 4.79 Å². The summed E-state index contributed by atoms with van der Waals surface area (Å²) in [7, 11) is 0. The minimum Gasteiger partial charge on any atom is -0.366 e. The summed E-state index contributed by atoms with van der Waals surface area (Å²) in [5.74, 6) is -0.399. The van der Waals surface area contributed by atoms with Gasteiger partial charge in [0.1, 0.15) is 0 Å². The van der Waals surface area contributed by atoms with Gasteiger partial charge in [-0.05, 0) is 23.6 Å². The van der Waals surface area contributed by atoms with E-state index in [1.54, 1.807) is 23.9 Å². The van der Waals surface area contributed by atoms with E-state index in [9.17, 15) is 4.79 Å². The van der Waals surface area contributed by atoms with Crippen molar-refractivity contribution >= 4 is 23.4 Å². The van der Waals surface area contributed by atoms with Crippen LogP contribution in [0.3, 0.4) is 0 Å². The summed E-state index contributed by atoms with van der Waals surface area (Å²) in [6, 6.07) is 5.37. The van der Waals surface area contributed by atoms with Crippen LogP contribution in [-0.4, -0.2) is 5.91 Å². The smallest absolute Gasteiger partial charge is 0.248 e. The molecule has 0 saturated carbocycles. The van der Waals surface area contributed by atoms with Crippen molar-refractivity contribution in [3.8, 4) is 0 Å². The summed E-state index contributed by atoms with van der Waals surface area (Å²) in [4.78, 5) is 12.0. The van der Waals surface area contributed by atoms with Gasteiger partial charge in [0.15, 0.2) is 0 Å². The Morgan fingerprint density at radius 1 is 1.46 bits per heavy atom. The number of hydrogen-bond donors (Lipinski definition) is 2. The highest BCUT2D eigenvalue weighted by Crippen LogP contribution is 2.31. The zero-order chi connectivity index (χ0) is 9.26. The van der Waals surface area contributed by atoms with Gasteiger partial charge in [0, 0.05) is 16.7 Å². The molecule has 4 heteroatoms. The highest BCUT2D eigenvalue weighted by molar-refractivity contribution is 8.02. The monoisotopic (exact) mass is 192 g/mol. The average molecular weight is 192 g/mol. The highest BCUT2D eigenvalue weighted by atomic mass is 32.2. The largest absolute Gasteiger partial charge is 0.366 e. The minimum absolute atomic E-state index is 0.399. The molecule has 3 N–H and O–H groups in total. The number of rotatable bonds is 1. The Labute approximate surface area is 80.0 Å². The van der Waals surface area contributed by atoms with Gasteiger partial charge in [-0.1, -0.05) is 11.8 Å². The fraction of sp³-hybridized carbons (Fsp3) is 0. The van der Waals surface area contributed by atoms with Crippen LogP contribution in [0.1, 0.15) is 10.4 Å². The number of nitrogens with two attached hydrogens (primary N) is 1. The lowest BCUT2D eigenvalue weighted by Crippen LogP contribution is -2.11. The number of anilines is 1. The molecule has 13 heavy (non-hydrogen) atoms. The molecule has 0 spiro atoms. The van der Waals surface area contributed by atoms with Crippen LogP contribution in [0, 0.1) is 0 Å². The number of hydrogen-bond acceptors (Lipinski definition) is 3. The van der Waals surface area contributed by atoms with Crippen LogP contribution in [0.15, 0.2) is 34.7 Å². The van der Waals surface area contributed by atoms with E-state index in [1.807, 2.05) is 17.7 Å². The maximum Gasteiger partial charge on any atom is 0.248 e. The fourth-order valence-corrected chi connectivity index (χ4v) is 1.80. The molecule has 66 valence electrons. The summed E-state index contributed by atoms with van der Waals surface area (Å²) in [6.07, 6.45) is 1.83. The molecule has 0 fully saturated rings. The second-order valence-electron chi connectivity index (χ2n) is 2.64. The van der Waals surface area contributed by atoms with Gasteiger partial charge < -0.3 is 11.1 Å². The van der Waals surface area contributed by atoms with E-state index in [4.69, 9.17) is 5.73 Å². The molecule has 1 heterocycles. The first-order valence-corrected chi connectivity index (χ1v) is 4.67. The summed E-state index contributed by atoms with van der Waals surface area (Å²) >= 11 is 1.61. The summed E-state index contributed by atoms with van der Waals surface area (Å²) in [5.41, 5.74) is 6.62. The number of thioether (sulfide) groups is 1. The van der Waals surface area contributed by atoms with Crippen LogP contribution in [0.5, 0.6) is 0 Å². The maximum absolute atomic E-state index is 10.9. The molecule has 3 nitrogen and oxygen atoms in total. The molecule has 0 aliphatic carbocycles. The SMILES string of the molecule is NC(=O)c1ccc2c(c1)NC=CS2. The Morgan fingerprint density at radius 2 is 2.31 bits per heavy atom. The Balaban J connectivity index is 2.44. The number of amides is 1. The molecule has 1 aromatic rings. The molecule has 2 rings (SSSR count). The van der Waals surface area contributed by atoms with Gasteiger partial charge in [-0.25, -0.2) is 0 Å². The van der Waals surface area contributed by atoms with Crippen LogP contribution < -0.4 is 11.1 Å². The van der Waals surface area contributed by atoms with E-state index in [0.717, 1.165) is 10.6 Å². The quantitative estimate of drug-likeness (QED) is 0.713. The molecule has 1 aliphatic heterocycles. The number of carbonyl (C=O) groups is 1. The van der Waals surface area contributed by atoms with Crippen molar-refractivity contribution in [1.82, 2.24) is 0 Å². The third-order valence-electron chi connectivity index (χ3n) is 1.77. The van der Waals surface area contributed by atoms with E-state index < -0.39 is 5.91 Å². The van der Waals surface area contributed by atoms with E-state index in [-0.39, 0.29) is 0 Å². The number of carbonyl (C=O) groups excluding carboxylic acids is 1. The Kier molecular flexibility index (Phi) is 1.98. The van der Waals surface area contributed by atoms with Gasteiger partial charge in [0.2, 0.25) is 5.91 Å². The predicted octanol–water partition coefficient (Wildman–Crippen LogP) is 1.77. The van der Waals surface area contributed by atoms with E-state index in [0.29, 0.717) is 5.56 Å². The lowest BCUT2D eigenvalue weighted by atomic mass is 10.2. The normalized spacial score (nSPS) is 13.2. The minimum atomic E-state index is -0.399. The topological polar surface area (TPSA) is 55.1 Å². The number of benzene rings is 1. The van der Waals surface area contributed by atoms with Crippen LogP contribution in [0.25, 0.3) is 0 Å². The second kappa shape index (κ2) is 3.14. The van der Waals surface area contributed by atoms with Gasteiger partial charge >= 0.3 is 0 Å². The second-order valence-corrected chi connectivity index (χ2v) is 3.59. The van der Waals surface area contributed by atoms with Crippen molar-refractivity contribution in [2.45, 2.75) is 4.90 Å². The van der Waals surface area contributed by atoms with Crippen LogP contribution in [0.2, 0.25) is 0 Å². The van der Waals surface area contributed by atoms with Gasteiger partial charge in [0.25, 0.3) is 0 Å². The molecule has 1 aliphatic rings. The number of nitrogens with one attached hydrogen (secondary N) is 1. The van der Waals surface area contributed by atoms with Crippen molar-refractivity contribution in [3.63, 3.8) is 0 Å². The van der Waals surface area contributed by atoms with Gasteiger partial charge in [-0.2, -0.15) is 0 Å². The van der Waals surface area contributed by atoms with Gasteiger partial charge in [0.05, 0.1) is 5.69 Å². The van der Waals surface area contributed by atoms with E-state index in [2.05, 4.69) is 5.32 Å². The van der Waals surface area contributed by atoms with E-state index in [1.165, 1.54) is 0 Å². The molecular formula is C9H8N2OS. The molecular weight excluding hydrogens is 184 g/mol. The Morgan fingerprint density at radius 3 is 3.08 bits per heavy atom. The first kappa shape index (κ1) is 8.19. The van der Waals surface area contributed by atoms with Gasteiger partial charge in [-0.15, -0.1) is 0 Å². The molecule has 0 aromatic heterocycles. The van der Waals surface area contributed by atoms with Crippen molar-refractivity contribution in [2.75, 3.05) is 5.32 Å². The molecule has 1 aromatic carbocycles. The summed E-state index contributed by atoms with van der Waals surface area (Å²) < 4.78 is 0. The maximum atomic E-state index is 10.9. The first-order chi connectivity index (χ1) is 6.27. The van der Waals surface area contributed by atoms with Crippen molar-refractivity contribution in [2.24, 2.45) is 5.73 Å². The molecule has 0 bridgehead atoms. The molecule has 0 unspecified atom stereocenters. The molecule has 0 saturated heterocycles. The van der Waals surface area contributed by atoms with Crippen molar-refractivity contribution in [3.05, 3.63) is 35.4 Å². The van der Waals surface area contributed by atoms with Crippen molar-refractivity contribution in [1.29, 1.82) is 0 Å². The molecule has 0 atom stereocenters. The standard InChI is InChI=1S/C9H8N2OS/c10-9(12)6-1-2-8-7(5-6)11-3-4-13-8/h1-5,11H,(H2,10,12). The fourth-order valence-electron chi connectivity index (χ4n) is 1.13. The average Bonchev–Trinajstić information content (AvgIpc) is 2.17. The van der Waals surface area contributed by atoms with Crippen molar-refractivity contribution < 1.29 is 4.79 Å². The first-order valence-electron chi connectivity index (χ1n) is 3.79. The van der Waals surface area contributed by atoms with E-state index >= 15 is 0 Å². The third-order valence-corrected chi connectivity index (χ3v) is 2.65. The highest BCUT2D eigenvalue weighted by Gasteiger charge is 2.07. The van der Waals surface area contributed by atoms with Crippen LogP contribution >= 0.6 is 11.8 Å². The predicted molar refractivity (Wildman–Crippen MR) is 53.6 cm³/mol. The lowest BCUT2D eigenvalue weighted by molar-refractivity contribution is 0.100. The summed E-state index contributed by atoms with van der Waals surface area (Å²) in [5, 5.41) is 5.00. The Hall–Kier alpha value is -1.42. The van der Waals surface area contributed by atoms with Crippen LogP contribution in [-0.2, 0) is 0 Å². The molecule has 0 radical (unpaired) electrons. The zero-order valence-electron chi connectivity index (χ0n) is 6.78.